The van der Waals surface area contributed by atoms with E-state index in [9.17, 15) is 0 Å². The number of fused-ring (bicyclic) bond motifs is 6. The first-order valence-corrected chi connectivity index (χ1v) is 20.3. The molecule has 0 aliphatic heterocycles. The summed E-state index contributed by atoms with van der Waals surface area (Å²) >= 11 is 0. The van der Waals surface area contributed by atoms with Crippen LogP contribution < -0.4 is 0 Å². The molecule has 7 nitrogen and oxygen atoms in total. The van der Waals surface area contributed by atoms with Crippen molar-refractivity contribution in [3.8, 4) is 79.5 Å². The van der Waals surface area contributed by atoms with E-state index in [1.807, 2.05) is 121 Å². The van der Waals surface area contributed by atoms with Crippen LogP contribution in [0.15, 0.2) is 200 Å². The SMILES string of the molecule is c1ccc(-c2nc(-c3ccccc3)nc(-c3ccc(-c4cccc5c6ccc(-c7nc(-c8ccccc8)nc(-c8ccccc8)n7)c7c8ccccc8n(c45)c67)cc3)n2)cc1. The van der Waals surface area contributed by atoms with Crippen LogP contribution in [0, 0.1) is 0 Å². The van der Waals surface area contributed by atoms with Crippen LogP contribution in [-0.4, -0.2) is 34.3 Å². The van der Waals surface area contributed by atoms with Gasteiger partial charge in [0.1, 0.15) is 0 Å². The predicted molar refractivity (Wildman–Crippen MR) is 246 cm³/mol. The molecule has 7 heteroatoms. The average Bonchev–Trinajstić information content (AvgIpc) is 3.88. The normalized spacial score (nSPS) is 11.6. The van der Waals surface area contributed by atoms with Crippen molar-refractivity contribution in [1.29, 1.82) is 0 Å². The maximum Gasteiger partial charge on any atom is 0.164 e. The van der Waals surface area contributed by atoms with Gasteiger partial charge in [-0.3, -0.25) is 0 Å². The second kappa shape index (κ2) is 14.1. The smallest absolute Gasteiger partial charge is 0.164 e. The highest BCUT2D eigenvalue weighted by molar-refractivity contribution is 6.28. The van der Waals surface area contributed by atoms with E-state index in [0.717, 1.165) is 71.8 Å². The van der Waals surface area contributed by atoms with Crippen LogP contribution in [0.2, 0.25) is 0 Å². The molecule has 0 spiro atoms. The topological polar surface area (TPSA) is 81.8 Å². The molecule has 12 aromatic rings. The first-order chi connectivity index (χ1) is 30.2. The lowest BCUT2D eigenvalue weighted by atomic mass is 9.98. The largest absolute Gasteiger partial charge is 0.307 e. The summed E-state index contributed by atoms with van der Waals surface area (Å²) in [5.41, 5.74) is 11.3. The van der Waals surface area contributed by atoms with Gasteiger partial charge < -0.3 is 4.40 Å². The molecule has 0 fully saturated rings. The predicted octanol–water partition coefficient (Wildman–Crippen LogP) is 12.9. The second-order valence-corrected chi connectivity index (χ2v) is 15.1. The highest BCUT2D eigenvalue weighted by Gasteiger charge is 2.24. The Morgan fingerprint density at radius 1 is 0.246 bits per heavy atom. The van der Waals surface area contributed by atoms with Crippen LogP contribution in [0.4, 0.5) is 0 Å². The zero-order valence-electron chi connectivity index (χ0n) is 32.7. The minimum Gasteiger partial charge on any atom is -0.307 e. The van der Waals surface area contributed by atoms with E-state index in [4.69, 9.17) is 29.9 Å². The summed E-state index contributed by atoms with van der Waals surface area (Å²) in [4.78, 5) is 30.1. The Balaban J connectivity index is 1.03. The summed E-state index contributed by atoms with van der Waals surface area (Å²) < 4.78 is 2.43. The summed E-state index contributed by atoms with van der Waals surface area (Å²) in [5.74, 6) is 3.82. The first-order valence-electron chi connectivity index (χ1n) is 20.3. The van der Waals surface area contributed by atoms with Crippen molar-refractivity contribution in [2.45, 2.75) is 0 Å². The molecule has 0 amide bonds. The number of benzene rings is 8. The fourth-order valence-electron chi connectivity index (χ4n) is 8.63. The Bertz CT molecular complexity index is 3440. The monoisotopic (exact) mass is 779 g/mol. The van der Waals surface area contributed by atoms with Gasteiger partial charge >= 0.3 is 0 Å². The summed E-state index contributed by atoms with van der Waals surface area (Å²) in [6, 6.07) is 68.7. The van der Waals surface area contributed by atoms with E-state index in [1.165, 1.54) is 10.8 Å². The maximum atomic E-state index is 5.16. The van der Waals surface area contributed by atoms with E-state index in [-0.39, 0.29) is 0 Å². The Morgan fingerprint density at radius 3 is 1.15 bits per heavy atom. The fourth-order valence-corrected chi connectivity index (χ4v) is 8.63. The molecule has 284 valence electrons. The zero-order valence-corrected chi connectivity index (χ0v) is 32.7. The third-order valence-corrected chi connectivity index (χ3v) is 11.5. The van der Waals surface area contributed by atoms with Gasteiger partial charge in [-0.2, -0.15) is 0 Å². The van der Waals surface area contributed by atoms with Gasteiger partial charge in [-0.25, -0.2) is 29.9 Å². The Labute approximate surface area is 350 Å². The van der Waals surface area contributed by atoms with Crippen LogP contribution in [-0.2, 0) is 0 Å². The molecule has 0 atom stereocenters. The molecular weight excluding hydrogens is 747 g/mol. The summed E-state index contributed by atoms with van der Waals surface area (Å²) in [5, 5.41) is 4.62. The molecule has 0 bridgehead atoms. The number of aromatic nitrogens is 7. The van der Waals surface area contributed by atoms with Crippen LogP contribution in [0.5, 0.6) is 0 Å². The van der Waals surface area contributed by atoms with E-state index in [1.54, 1.807) is 0 Å². The molecule has 4 aromatic heterocycles. The number of para-hydroxylation sites is 2. The Morgan fingerprint density at radius 2 is 0.639 bits per heavy atom. The molecule has 0 saturated carbocycles. The molecule has 12 rings (SSSR count). The van der Waals surface area contributed by atoms with E-state index < -0.39 is 0 Å². The summed E-state index contributed by atoms with van der Waals surface area (Å²) in [7, 11) is 0. The number of nitrogens with zero attached hydrogens (tertiary/aromatic N) is 7. The van der Waals surface area contributed by atoms with Gasteiger partial charge in [-0.05, 0) is 17.7 Å². The van der Waals surface area contributed by atoms with Crippen molar-refractivity contribution in [2.75, 3.05) is 0 Å². The Hall–Kier alpha value is -8.42. The molecule has 0 radical (unpaired) electrons. The lowest BCUT2D eigenvalue weighted by Crippen LogP contribution is -2.00. The highest BCUT2D eigenvalue weighted by atomic mass is 15.0. The number of hydrogen-bond donors (Lipinski definition) is 0. The molecule has 0 N–H and O–H groups in total. The fraction of sp³-hybridized carbons (Fsp3) is 0. The van der Waals surface area contributed by atoms with Gasteiger partial charge in [0, 0.05) is 60.5 Å². The van der Waals surface area contributed by atoms with Crippen molar-refractivity contribution in [2.24, 2.45) is 0 Å². The lowest BCUT2D eigenvalue weighted by Gasteiger charge is -2.10. The van der Waals surface area contributed by atoms with Gasteiger partial charge in [-0.1, -0.05) is 188 Å². The van der Waals surface area contributed by atoms with Crippen molar-refractivity contribution >= 4 is 38.1 Å². The van der Waals surface area contributed by atoms with Gasteiger partial charge in [0.05, 0.1) is 16.6 Å². The molecule has 8 aromatic carbocycles. The maximum absolute atomic E-state index is 5.16. The van der Waals surface area contributed by atoms with Crippen LogP contribution in [0.25, 0.3) is 118 Å². The molecular formula is C54H33N7. The third kappa shape index (κ3) is 5.82. The van der Waals surface area contributed by atoms with E-state index in [2.05, 4.69) is 83.3 Å². The van der Waals surface area contributed by atoms with Crippen molar-refractivity contribution in [1.82, 2.24) is 34.3 Å². The standard InChI is InChI=1S/C54H33N7/c1-5-16-35(17-6-1)49-55-50(36-18-7-2-8-19-36)57-53(56-49)39-30-28-34(29-31-39)40-25-15-26-41-42-32-33-44(46-43-24-13-14-27-45(43)61(47(40)41)48(42)46)54-59-51(37-20-9-3-10-21-37)58-52(60-54)38-22-11-4-12-23-38/h1-33H. The summed E-state index contributed by atoms with van der Waals surface area (Å²) in [6.07, 6.45) is 0. The van der Waals surface area contributed by atoms with Gasteiger partial charge in [-0.15, -0.1) is 0 Å². The van der Waals surface area contributed by atoms with Crippen LogP contribution >= 0.6 is 0 Å². The lowest BCUT2D eigenvalue weighted by molar-refractivity contribution is 1.07. The average molecular weight is 780 g/mol. The molecule has 0 unspecified atom stereocenters. The van der Waals surface area contributed by atoms with Crippen molar-refractivity contribution in [3.63, 3.8) is 0 Å². The molecule has 0 aliphatic rings. The summed E-state index contributed by atoms with van der Waals surface area (Å²) in [6.45, 7) is 0. The second-order valence-electron chi connectivity index (χ2n) is 15.1. The quantitative estimate of drug-likeness (QED) is 0.160. The van der Waals surface area contributed by atoms with E-state index >= 15 is 0 Å². The van der Waals surface area contributed by atoms with Gasteiger partial charge in [0.15, 0.2) is 34.9 Å². The van der Waals surface area contributed by atoms with Crippen LogP contribution in [0.3, 0.4) is 0 Å². The molecule has 0 aliphatic carbocycles. The number of rotatable bonds is 7. The molecule has 61 heavy (non-hydrogen) atoms. The van der Waals surface area contributed by atoms with Gasteiger partial charge in [0.2, 0.25) is 0 Å². The zero-order chi connectivity index (χ0) is 40.3. The minimum atomic E-state index is 0.625. The third-order valence-electron chi connectivity index (χ3n) is 11.5. The van der Waals surface area contributed by atoms with Crippen molar-refractivity contribution in [3.05, 3.63) is 200 Å². The minimum absolute atomic E-state index is 0.625. The first kappa shape index (κ1) is 34.6. The molecule has 0 saturated heterocycles. The molecule has 4 heterocycles. The van der Waals surface area contributed by atoms with E-state index in [0.29, 0.717) is 34.9 Å². The van der Waals surface area contributed by atoms with Gasteiger partial charge in [0.25, 0.3) is 0 Å². The van der Waals surface area contributed by atoms with Crippen molar-refractivity contribution < 1.29 is 0 Å². The Kier molecular flexibility index (Phi) is 8.03. The number of hydrogen-bond acceptors (Lipinski definition) is 6. The van der Waals surface area contributed by atoms with Crippen LogP contribution in [0.1, 0.15) is 0 Å². The highest BCUT2D eigenvalue weighted by Crippen LogP contribution is 2.45.